The van der Waals surface area contributed by atoms with E-state index in [-0.39, 0.29) is 0 Å². The molecule has 0 spiro atoms. The van der Waals surface area contributed by atoms with Gasteiger partial charge in [0.15, 0.2) is 5.82 Å². The summed E-state index contributed by atoms with van der Waals surface area (Å²) in [6.07, 6.45) is 2.59. The second kappa shape index (κ2) is 5.56. The van der Waals surface area contributed by atoms with Gasteiger partial charge in [-0.15, -0.1) is 0 Å². The van der Waals surface area contributed by atoms with Crippen LogP contribution in [0, 0.1) is 0 Å². The van der Waals surface area contributed by atoms with Crippen LogP contribution in [0.1, 0.15) is 12.5 Å². The minimum absolute atomic E-state index is 0.709. The Morgan fingerprint density at radius 2 is 1.91 bits per heavy atom. The van der Waals surface area contributed by atoms with Gasteiger partial charge in [0.1, 0.15) is 17.4 Å². The number of nitrogens with zero attached hydrogens (tertiary/aromatic N) is 2. The van der Waals surface area contributed by atoms with E-state index in [2.05, 4.69) is 45.4 Å². The Hall–Kier alpha value is -2.59. The maximum absolute atomic E-state index is 5.93. The topological polar surface area (TPSA) is 53.6 Å². The largest absolute Gasteiger partial charge is 0.350 e. The predicted molar refractivity (Wildman–Crippen MR) is 95.5 cm³/mol. The molecule has 2 aromatic heterocycles. The van der Waals surface area contributed by atoms with E-state index in [9.17, 15) is 0 Å². The maximum atomic E-state index is 5.93. The van der Waals surface area contributed by atoms with Crippen molar-refractivity contribution in [1.82, 2.24) is 15.0 Å². The molecular formula is C18H15ClN4. The average Bonchev–Trinajstić information content (AvgIpc) is 2.96. The fourth-order valence-corrected chi connectivity index (χ4v) is 2.85. The van der Waals surface area contributed by atoms with E-state index in [1.165, 1.54) is 5.56 Å². The molecule has 5 heteroatoms. The van der Waals surface area contributed by atoms with Gasteiger partial charge in [-0.25, -0.2) is 9.97 Å². The maximum Gasteiger partial charge on any atom is 0.158 e. The summed E-state index contributed by atoms with van der Waals surface area (Å²) < 4.78 is 0. The number of aryl methyl sites for hydroxylation is 1. The average molecular weight is 323 g/mol. The molecule has 2 N–H and O–H groups in total. The molecule has 0 aliphatic rings. The molecular weight excluding hydrogens is 308 g/mol. The number of aromatic nitrogens is 3. The van der Waals surface area contributed by atoms with E-state index in [4.69, 9.17) is 11.6 Å². The van der Waals surface area contributed by atoms with Crippen LogP contribution in [0.2, 0.25) is 5.02 Å². The van der Waals surface area contributed by atoms with Gasteiger partial charge in [-0.3, -0.25) is 0 Å². The standard InChI is InChI=1S/C18H15ClN4/c1-2-11-3-8-15-14(9-11)16-17(23-15)18(21-10-20-16)22-13-6-4-12(19)5-7-13/h3-10,23H,2H2,1H3,(H,20,21,22). The number of benzene rings is 2. The number of nitrogens with one attached hydrogen (secondary N) is 2. The molecule has 4 nitrogen and oxygen atoms in total. The fraction of sp³-hybridized carbons (Fsp3) is 0.111. The first kappa shape index (κ1) is 14.0. The minimum atomic E-state index is 0.709. The molecule has 2 aromatic carbocycles. The first-order chi connectivity index (χ1) is 11.2. The number of fused-ring (bicyclic) bond motifs is 3. The molecule has 23 heavy (non-hydrogen) atoms. The van der Waals surface area contributed by atoms with Gasteiger partial charge < -0.3 is 10.3 Å². The van der Waals surface area contributed by atoms with Crippen molar-refractivity contribution in [3.8, 4) is 0 Å². The minimum Gasteiger partial charge on any atom is -0.350 e. The Labute approximate surface area is 138 Å². The summed E-state index contributed by atoms with van der Waals surface area (Å²) in [6, 6.07) is 14.0. The van der Waals surface area contributed by atoms with Crippen LogP contribution in [0.25, 0.3) is 21.9 Å². The third kappa shape index (κ3) is 2.51. The number of rotatable bonds is 3. The predicted octanol–water partition coefficient (Wildman–Crippen LogP) is 5.07. The first-order valence-corrected chi connectivity index (χ1v) is 7.90. The molecule has 2 heterocycles. The number of halogens is 1. The second-order valence-electron chi connectivity index (χ2n) is 5.44. The summed E-state index contributed by atoms with van der Waals surface area (Å²) in [5, 5.41) is 5.16. The molecule has 0 saturated carbocycles. The van der Waals surface area contributed by atoms with Crippen molar-refractivity contribution in [2.24, 2.45) is 0 Å². The van der Waals surface area contributed by atoms with Crippen LogP contribution in [0.3, 0.4) is 0 Å². The van der Waals surface area contributed by atoms with Crippen LogP contribution in [0.5, 0.6) is 0 Å². The van der Waals surface area contributed by atoms with E-state index in [0.717, 1.165) is 39.9 Å². The van der Waals surface area contributed by atoms with Crippen LogP contribution in [0.15, 0.2) is 48.8 Å². The molecule has 0 radical (unpaired) electrons. The van der Waals surface area contributed by atoms with Crippen LogP contribution >= 0.6 is 11.6 Å². The highest BCUT2D eigenvalue weighted by Gasteiger charge is 2.11. The van der Waals surface area contributed by atoms with Crippen LogP contribution < -0.4 is 5.32 Å². The molecule has 114 valence electrons. The Morgan fingerprint density at radius 1 is 1.09 bits per heavy atom. The molecule has 0 unspecified atom stereocenters. The summed E-state index contributed by atoms with van der Waals surface area (Å²) in [6.45, 7) is 2.15. The number of aromatic amines is 1. The molecule has 4 aromatic rings. The van der Waals surface area contributed by atoms with E-state index in [1.54, 1.807) is 6.33 Å². The zero-order valence-electron chi connectivity index (χ0n) is 12.6. The van der Waals surface area contributed by atoms with Crippen LogP contribution in [-0.2, 0) is 6.42 Å². The molecule has 4 rings (SSSR count). The zero-order valence-corrected chi connectivity index (χ0v) is 13.4. The third-order valence-corrected chi connectivity index (χ3v) is 4.21. The highest BCUT2D eigenvalue weighted by atomic mass is 35.5. The van der Waals surface area contributed by atoms with Gasteiger partial charge in [0, 0.05) is 21.6 Å². The highest BCUT2D eigenvalue weighted by molar-refractivity contribution is 6.30. The Bertz CT molecular complexity index is 989. The van der Waals surface area contributed by atoms with E-state index < -0.39 is 0 Å². The van der Waals surface area contributed by atoms with E-state index in [0.29, 0.717) is 5.02 Å². The highest BCUT2D eigenvalue weighted by Crippen LogP contribution is 2.29. The third-order valence-electron chi connectivity index (χ3n) is 3.96. The molecule has 0 fully saturated rings. The van der Waals surface area contributed by atoms with Crippen molar-refractivity contribution >= 4 is 45.0 Å². The summed E-state index contributed by atoms with van der Waals surface area (Å²) in [5.41, 5.74) is 5.14. The monoisotopic (exact) mass is 322 g/mol. The van der Waals surface area contributed by atoms with Crippen LogP contribution in [0.4, 0.5) is 11.5 Å². The van der Waals surface area contributed by atoms with Crippen molar-refractivity contribution in [3.63, 3.8) is 0 Å². The quantitative estimate of drug-likeness (QED) is 0.553. The molecule has 0 aliphatic heterocycles. The van der Waals surface area contributed by atoms with Crippen molar-refractivity contribution in [2.45, 2.75) is 13.3 Å². The number of hydrogen-bond donors (Lipinski definition) is 2. The van der Waals surface area contributed by atoms with Gasteiger partial charge >= 0.3 is 0 Å². The summed E-state index contributed by atoms with van der Waals surface area (Å²) in [5.74, 6) is 0.756. The smallest absolute Gasteiger partial charge is 0.158 e. The first-order valence-electron chi connectivity index (χ1n) is 7.52. The fourth-order valence-electron chi connectivity index (χ4n) is 2.72. The van der Waals surface area contributed by atoms with E-state index in [1.807, 2.05) is 24.3 Å². The van der Waals surface area contributed by atoms with Gasteiger partial charge in [0.05, 0.1) is 0 Å². The van der Waals surface area contributed by atoms with E-state index >= 15 is 0 Å². The molecule has 0 bridgehead atoms. The lowest BCUT2D eigenvalue weighted by atomic mass is 10.1. The number of hydrogen-bond acceptors (Lipinski definition) is 3. The van der Waals surface area contributed by atoms with Gasteiger partial charge in [-0.1, -0.05) is 24.6 Å². The van der Waals surface area contributed by atoms with Gasteiger partial charge in [-0.05, 0) is 48.4 Å². The van der Waals surface area contributed by atoms with Crippen molar-refractivity contribution in [1.29, 1.82) is 0 Å². The SMILES string of the molecule is CCc1ccc2[nH]c3c(Nc4ccc(Cl)cc4)ncnc3c2c1. The Kier molecular flexibility index (Phi) is 3.39. The summed E-state index contributed by atoms with van der Waals surface area (Å²) >= 11 is 5.93. The van der Waals surface area contributed by atoms with Gasteiger partial charge in [0.2, 0.25) is 0 Å². The lowest BCUT2D eigenvalue weighted by Gasteiger charge is -2.06. The van der Waals surface area contributed by atoms with Gasteiger partial charge in [0.25, 0.3) is 0 Å². The number of H-pyrrole nitrogens is 1. The Balaban J connectivity index is 1.85. The summed E-state index contributed by atoms with van der Waals surface area (Å²) in [7, 11) is 0. The second-order valence-corrected chi connectivity index (χ2v) is 5.87. The van der Waals surface area contributed by atoms with Gasteiger partial charge in [-0.2, -0.15) is 0 Å². The Morgan fingerprint density at radius 3 is 2.70 bits per heavy atom. The van der Waals surface area contributed by atoms with Crippen molar-refractivity contribution in [2.75, 3.05) is 5.32 Å². The molecule has 0 aliphatic carbocycles. The normalized spacial score (nSPS) is 11.2. The van der Waals surface area contributed by atoms with Crippen LogP contribution in [-0.4, -0.2) is 15.0 Å². The van der Waals surface area contributed by atoms with Crippen molar-refractivity contribution in [3.05, 3.63) is 59.4 Å². The lowest BCUT2D eigenvalue weighted by molar-refractivity contribution is 1.15. The molecule has 0 amide bonds. The summed E-state index contributed by atoms with van der Waals surface area (Å²) in [4.78, 5) is 12.2. The molecule has 0 atom stereocenters. The van der Waals surface area contributed by atoms with Crippen molar-refractivity contribution < 1.29 is 0 Å². The molecule has 0 saturated heterocycles. The number of anilines is 2. The lowest BCUT2D eigenvalue weighted by Crippen LogP contribution is -1.95. The zero-order chi connectivity index (χ0) is 15.8.